The van der Waals surface area contributed by atoms with Gasteiger partial charge in [0.05, 0.1) is 13.0 Å². The van der Waals surface area contributed by atoms with Crippen molar-refractivity contribution in [3.05, 3.63) is 65.0 Å². The van der Waals surface area contributed by atoms with Crippen LogP contribution in [0, 0.1) is 19.7 Å². The van der Waals surface area contributed by atoms with Crippen molar-refractivity contribution in [3.8, 4) is 0 Å². The summed E-state index contributed by atoms with van der Waals surface area (Å²) in [5.74, 6) is -0.393. The smallest absolute Gasteiger partial charge is 0.238 e. The molecule has 2 aromatic rings. The van der Waals surface area contributed by atoms with Crippen LogP contribution in [0.25, 0.3) is 0 Å². The molecule has 1 N–H and O–H groups in total. The number of carbonyl (C=O) groups excluding carboxylic acids is 2. The monoisotopic (exact) mass is 383 g/mol. The maximum absolute atomic E-state index is 13.6. The summed E-state index contributed by atoms with van der Waals surface area (Å²) in [4.78, 5) is 28.6. The minimum Gasteiger partial charge on any atom is -0.340 e. The predicted octanol–water partition coefficient (Wildman–Crippen LogP) is 2.77. The number of hydrogen-bond donors (Lipinski definition) is 1. The molecule has 0 spiro atoms. The molecule has 1 heterocycles. The molecule has 0 aliphatic carbocycles. The van der Waals surface area contributed by atoms with Crippen LogP contribution in [0.4, 0.5) is 10.1 Å². The zero-order chi connectivity index (χ0) is 20.1. The second-order valence-electron chi connectivity index (χ2n) is 7.27. The molecule has 1 aliphatic heterocycles. The number of hydrogen-bond acceptors (Lipinski definition) is 3. The molecular formula is C22H26FN3O2. The van der Waals surface area contributed by atoms with Gasteiger partial charge < -0.3 is 10.2 Å². The first-order valence-corrected chi connectivity index (χ1v) is 9.53. The lowest BCUT2D eigenvalue weighted by Gasteiger charge is -2.34. The van der Waals surface area contributed by atoms with Crippen LogP contribution in [-0.4, -0.2) is 54.3 Å². The Morgan fingerprint density at radius 2 is 1.71 bits per heavy atom. The Kier molecular flexibility index (Phi) is 6.41. The molecule has 2 aromatic carbocycles. The summed E-state index contributed by atoms with van der Waals surface area (Å²) in [6, 6.07) is 12.6. The molecule has 28 heavy (non-hydrogen) atoms. The summed E-state index contributed by atoms with van der Waals surface area (Å²) in [6.45, 7) is 6.44. The number of benzene rings is 2. The van der Waals surface area contributed by atoms with Gasteiger partial charge >= 0.3 is 0 Å². The number of anilines is 1. The van der Waals surface area contributed by atoms with E-state index in [1.807, 2.05) is 41.0 Å². The van der Waals surface area contributed by atoms with Gasteiger partial charge in [-0.15, -0.1) is 0 Å². The van der Waals surface area contributed by atoms with Gasteiger partial charge in [-0.2, -0.15) is 0 Å². The Hall–Kier alpha value is -2.73. The van der Waals surface area contributed by atoms with Crippen molar-refractivity contribution in [2.24, 2.45) is 0 Å². The van der Waals surface area contributed by atoms with E-state index in [2.05, 4.69) is 5.32 Å². The van der Waals surface area contributed by atoms with E-state index in [1.165, 1.54) is 6.07 Å². The molecule has 2 amide bonds. The van der Waals surface area contributed by atoms with Gasteiger partial charge in [0.15, 0.2) is 0 Å². The predicted molar refractivity (Wildman–Crippen MR) is 108 cm³/mol. The zero-order valence-electron chi connectivity index (χ0n) is 16.4. The van der Waals surface area contributed by atoms with E-state index in [1.54, 1.807) is 19.1 Å². The van der Waals surface area contributed by atoms with E-state index < -0.39 is 0 Å². The van der Waals surface area contributed by atoms with Crippen LogP contribution in [0.2, 0.25) is 0 Å². The third-order valence-corrected chi connectivity index (χ3v) is 5.15. The highest BCUT2D eigenvalue weighted by atomic mass is 19.1. The van der Waals surface area contributed by atoms with Crippen molar-refractivity contribution >= 4 is 17.5 Å². The van der Waals surface area contributed by atoms with E-state index in [9.17, 15) is 14.0 Å². The first-order chi connectivity index (χ1) is 13.4. The van der Waals surface area contributed by atoms with Crippen LogP contribution in [0.1, 0.15) is 16.7 Å². The van der Waals surface area contributed by atoms with Gasteiger partial charge in [0, 0.05) is 31.9 Å². The molecule has 0 aromatic heterocycles. The van der Waals surface area contributed by atoms with Crippen molar-refractivity contribution in [1.29, 1.82) is 0 Å². The molecule has 0 atom stereocenters. The van der Waals surface area contributed by atoms with Crippen molar-refractivity contribution in [2.75, 3.05) is 38.0 Å². The average molecular weight is 383 g/mol. The van der Waals surface area contributed by atoms with Crippen LogP contribution in [-0.2, 0) is 16.0 Å². The second kappa shape index (κ2) is 8.97. The fourth-order valence-corrected chi connectivity index (χ4v) is 3.31. The number of nitrogens with zero attached hydrogens (tertiary/aromatic N) is 2. The number of carbonyl (C=O) groups is 2. The van der Waals surface area contributed by atoms with Crippen molar-refractivity contribution in [1.82, 2.24) is 9.80 Å². The normalized spacial score (nSPS) is 14.8. The van der Waals surface area contributed by atoms with E-state index >= 15 is 0 Å². The quantitative estimate of drug-likeness (QED) is 0.864. The van der Waals surface area contributed by atoms with E-state index in [0.29, 0.717) is 43.9 Å². The van der Waals surface area contributed by atoms with Crippen LogP contribution >= 0.6 is 0 Å². The number of nitrogens with one attached hydrogen (secondary N) is 1. The molecule has 0 saturated carbocycles. The number of rotatable bonds is 5. The number of piperazine rings is 1. The van der Waals surface area contributed by atoms with Crippen LogP contribution < -0.4 is 5.32 Å². The molecule has 0 unspecified atom stereocenters. The second-order valence-corrected chi connectivity index (χ2v) is 7.27. The lowest BCUT2D eigenvalue weighted by molar-refractivity contribution is -0.132. The Balaban J connectivity index is 1.45. The lowest BCUT2D eigenvalue weighted by Crippen LogP contribution is -2.50. The van der Waals surface area contributed by atoms with Gasteiger partial charge in [-0.05, 0) is 42.7 Å². The third-order valence-electron chi connectivity index (χ3n) is 5.15. The summed E-state index contributed by atoms with van der Waals surface area (Å²) < 4.78 is 13.6. The Labute approximate surface area is 165 Å². The van der Waals surface area contributed by atoms with Crippen molar-refractivity contribution < 1.29 is 14.0 Å². The van der Waals surface area contributed by atoms with Gasteiger partial charge in [0.25, 0.3) is 0 Å². The zero-order valence-corrected chi connectivity index (χ0v) is 16.4. The van der Waals surface area contributed by atoms with Crippen molar-refractivity contribution in [3.63, 3.8) is 0 Å². The van der Waals surface area contributed by atoms with E-state index in [4.69, 9.17) is 0 Å². The van der Waals surface area contributed by atoms with Crippen molar-refractivity contribution in [2.45, 2.75) is 20.3 Å². The standard InChI is InChI=1S/C22H26FN3O2/c1-16-5-3-4-6-18(16)13-22(28)26-11-9-25(10-12-26)15-21(27)24-19-8-7-17(2)20(23)14-19/h3-8,14H,9-13,15H2,1-2H3,(H,24,27). The van der Waals surface area contributed by atoms with Gasteiger partial charge in [0.2, 0.25) is 11.8 Å². The molecule has 3 rings (SSSR count). The average Bonchev–Trinajstić information content (AvgIpc) is 2.67. The molecule has 5 nitrogen and oxygen atoms in total. The number of halogens is 1. The molecular weight excluding hydrogens is 357 g/mol. The van der Waals surface area contributed by atoms with E-state index in [0.717, 1.165) is 11.1 Å². The van der Waals surface area contributed by atoms with Gasteiger partial charge in [-0.25, -0.2) is 4.39 Å². The highest BCUT2D eigenvalue weighted by molar-refractivity contribution is 5.92. The molecule has 0 bridgehead atoms. The summed E-state index contributed by atoms with van der Waals surface area (Å²) >= 11 is 0. The summed E-state index contributed by atoms with van der Waals surface area (Å²) in [5, 5.41) is 2.73. The third kappa shape index (κ3) is 5.16. The maximum atomic E-state index is 13.6. The first-order valence-electron chi connectivity index (χ1n) is 9.53. The maximum Gasteiger partial charge on any atom is 0.238 e. The highest BCUT2D eigenvalue weighted by Gasteiger charge is 2.22. The van der Waals surface area contributed by atoms with Gasteiger partial charge in [0.1, 0.15) is 5.82 Å². The molecule has 1 fully saturated rings. The minimum absolute atomic E-state index is 0.119. The fraction of sp³-hybridized carbons (Fsp3) is 0.364. The number of amides is 2. The first kappa shape index (κ1) is 20.0. The molecule has 1 aliphatic rings. The Bertz CT molecular complexity index is 861. The summed E-state index contributed by atoms with van der Waals surface area (Å²) in [6.07, 6.45) is 0.409. The van der Waals surface area contributed by atoms with Crippen LogP contribution in [0.3, 0.4) is 0 Å². The number of aryl methyl sites for hydroxylation is 2. The molecule has 148 valence electrons. The molecule has 1 saturated heterocycles. The highest BCUT2D eigenvalue weighted by Crippen LogP contribution is 2.14. The Morgan fingerprint density at radius 3 is 2.39 bits per heavy atom. The van der Waals surface area contributed by atoms with Gasteiger partial charge in [-0.3, -0.25) is 14.5 Å². The van der Waals surface area contributed by atoms with Gasteiger partial charge in [-0.1, -0.05) is 30.3 Å². The summed E-state index contributed by atoms with van der Waals surface area (Å²) in [5.41, 5.74) is 3.18. The largest absolute Gasteiger partial charge is 0.340 e. The van der Waals surface area contributed by atoms with Crippen LogP contribution in [0.5, 0.6) is 0 Å². The van der Waals surface area contributed by atoms with E-state index in [-0.39, 0.29) is 24.2 Å². The van der Waals surface area contributed by atoms with Crippen LogP contribution in [0.15, 0.2) is 42.5 Å². The molecule has 0 radical (unpaired) electrons. The summed E-state index contributed by atoms with van der Waals surface area (Å²) in [7, 11) is 0. The minimum atomic E-state index is -0.335. The topological polar surface area (TPSA) is 52.7 Å². The molecule has 6 heteroatoms. The Morgan fingerprint density at radius 1 is 1.00 bits per heavy atom. The lowest BCUT2D eigenvalue weighted by atomic mass is 10.1. The SMILES string of the molecule is Cc1ccc(NC(=O)CN2CCN(C(=O)Cc3ccccc3C)CC2)cc1F. The fourth-order valence-electron chi connectivity index (χ4n) is 3.31.